The normalized spacial score (nSPS) is 30.9. The van der Waals surface area contributed by atoms with Gasteiger partial charge in [0.15, 0.2) is 11.5 Å². The SMILES string of the molecule is NC1=NC(Cl)c2ncn([C@H]3C=C[C@@H](O)C3)c2N1. The minimum atomic E-state index is -0.553. The van der Waals surface area contributed by atoms with Gasteiger partial charge in [-0.2, -0.15) is 0 Å². The zero-order chi connectivity index (χ0) is 12.0. The van der Waals surface area contributed by atoms with Crippen LogP contribution in [-0.2, 0) is 0 Å². The van der Waals surface area contributed by atoms with Crippen molar-refractivity contribution in [3.8, 4) is 0 Å². The molecule has 0 bridgehead atoms. The second kappa shape index (κ2) is 3.75. The van der Waals surface area contributed by atoms with E-state index >= 15 is 0 Å². The molecule has 3 atom stereocenters. The summed E-state index contributed by atoms with van der Waals surface area (Å²) in [4.78, 5) is 8.22. The van der Waals surface area contributed by atoms with E-state index in [1.165, 1.54) is 0 Å². The molecule has 2 aliphatic rings. The van der Waals surface area contributed by atoms with Crippen LogP contribution in [0.15, 0.2) is 23.5 Å². The standard InChI is InChI=1S/C10H12ClN5O/c11-8-7-9(15-10(12)14-8)16(4-13-7)5-1-2-6(17)3-5/h1-2,4-6,8,17H,3H2,(H3,12,14,15)/t5-,6+,8?/m0/s1. The molecule has 6 nitrogen and oxygen atoms in total. The number of halogens is 1. The Hall–Kier alpha value is -1.53. The molecule has 0 saturated carbocycles. The molecule has 1 aliphatic carbocycles. The molecule has 0 amide bonds. The van der Waals surface area contributed by atoms with Crippen molar-refractivity contribution in [1.82, 2.24) is 9.55 Å². The highest BCUT2D eigenvalue weighted by Crippen LogP contribution is 2.35. The van der Waals surface area contributed by atoms with Crippen LogP contribution in [0, 0.1) is 0 Å². The number of hydrogen-bond acceptors (Lipinski definition) is 5. The molecule has 0 spiro atoms. The zero-order valence-corrected chi connectivity index (χ0v) is 9.67. The molecule has 1 unspecified atom stereocenters. The van der Waals surface area contributed by atoms with E-state index in [0.29, 0.717) is 12.1 Å². The third kappa shape index (κ3) is 1.69. The first-order valence-electron chi connectivity index (χ1n) is 5.32. The Morgan fingerprint density at radius 1 is 1.53 bits per heavy atom. The fourth-order valence-corrected chi connectivity index (χ4v) is 2.40. The molecule has 4 N–H and O–H groups in total. The number of guanidine groups is 1. The Labute approximate surface area is 103 Å². The maximum atomic E-state index is 9.49. The molecule has 90 valence electrons. The van der Waals surface area contributed by atoms with Gasteiger partial charge in [-0.25, -0.2) is 9.98 Å². The lowest BCUT2D eigenvalue weighted by atomic mass is 10.2. The molecule has 17 heavy (non-hydrogen) atoms. The van der Waals surface area contributed by atoms with Crippen molar-refractivity contribution in [2.24, 2.45) is 10.7 Å². The van der Waals surface area contributed by atoms with E-state index in [2.05, 4.69) is 15.3 Å². The second-order valence-electron chi connectivity index (χ2n) is 4.12. The van der Waals surface area contributed by atoms with E-state index in [1.54, 1.807) is 12.4 Å². The van der Waals surface area contributed by atoms with Crippen LogP contribution in [0.2, 0.25) is 0 Å². The van der Waals surface area contributed by atoms with E-state index in [0.717, 1.165) is 5.82 Å². The molecule has 0 saturated heterocycles. The largest absolute Gasteiger partial charge is 0.389 e. The van der Waals surface area contributed by atoms with Gasteiger partial charge < -0.3 is 20.7 Å². The Bertz CT molecular complexity index is 509. The van der Waals surface area contributed by atoms with Crippen LogP contribution in [0.5, 0.6) is 0 Å². The summed E-state index contributed by atoms with van der Waals surface area (Å²) in [5.41, 5.74) is 5.75. The molecule has 2 heterocycles. The zero-order valence-electron chi connectivity index (χ0n) is 8.92. The highest BCUT2D eigenvalue weighted by Gasteiger charge is 2.27. The van der Waals surface area contributed by atoms with Gasteiger partial charge in [0.2, 0.25) is 0 Å². The van der Waals surface area contributed by atoms with E-state index in [4.69, 9.17) is 17.3 Å². The molecular weight excluding hydrogens is 242 g/mol. The number of rotatable bonds is 1. The predicted molar refractivity (Wildman–Crippen MR) is 64.9 cm³/mol. The maximum absolute atomic E-state index is 9.49. The first kappa shape index (κ1) is 10.6. The Balaban J connectivity index is 1.97. The highest BCUT2D eigenvalue weighted by atomic mass is 35.5. The van der Waals surface area contributed by atoms with Crippen LogP contribution < -0.4 is 11.1 Å². The number of nitrogens with zero attached hydrogens (tertiary/aromatic N) is 3. The number of aliphatic imine (C=N–C) groups is 1. The summed E-state index contributed by atoms with van der Waals surface area (Å²) < 4.78 is 1.92. The van der Waals surface area contributed by atoms with Crippen LogP contribution in [-0.4, -0.2) is 26.7 Å². The first-order chi connectivity index (χ1) is 8.15. The molecular formula is C10H12ClN5O. The Morgan fingerprint density at radius 3 is 3.06 bits per heavy atom. The molecule has 0 radical (unpaired) electrons. The summed E-state index contributed by atoms with van der Waals surface area (Å²) in [7, 11) is 0. The van der Waals surface area contributed by atoms with Gasteiger partial charge in [-0.15, -0.1) is 0 Å². The van der Waals surface area contributed by atoms with Crippen molar-refractivity contribution in [2.75, 3.05) is 5.32 Å². The number of alkyl halides is 1. The van der Waals surface area contributed by atoms with Crippen LogP contribution in [0.4, 0.5) is 5.82 Å². The van der Waals surface area contributed by atoms with Gasteiger partial charge in [0.05, 0.1) is 18.5 Å². The minimum Gasteiger partial charge on any atom is -0.389 e. The van der Waals surface area contributed by atoms with Crippen molar-refractivity contribution in [3.05, 3.63) is 24.2 Å². The average Bonchev–Trinajstić information content (AvgIpc) is 2.83. The van der Waals surface area contributed by atoms with Crippen molar-refractivity contribution < 1.29 is 5.11 Å². The summed E-state index contributed by atoms with van der Waals surface area (Å²) >= 11 is 6.04. The third-order valence-electron chi connectivity index (χ3n) is 2.94. The number of aliphatic hydroxyl groups is 1. The van der Waals surface area contributed by atoms with Crippen LogP contribution >= 0.6 is 11.6 Å². The molecule has 1 aliphatic heterocycles. The van der Waals surface area contributed by atoms with Crippen LogP contribution in [0.1, 0.15) is 23.7 Å². The molecule has 7 heteroatoms. The molecule has 1 aromatic rings. The Morgan fingerprint density at radius 2 is 2.35 bits per heavy atom. The van der Waals surface area contributed by atoms with Gasteiger partial charge in [0, 0.05) is 6.42 Å². The minimum absolute atomic E-state index is 0.0727. The van der Waals surface area contributed by atoms with Crippen molar-refractivity contribution in [2.45, 2.75) is 24.1 Å². The van der Waals surface area contributed by atoms with Crippen molar-refractivity contribution in [1.29, 1.82) is 0 Å². The smallest absolute Gasteiger partial charge is 0.196 e. The lowest BCUT2D eigenvalue weighted by Crippen LogP contribution is -2.28. The molecule has 0 fully saturated rings. The predicted octanol–water partition coefficient (Wildman–Crippen LogP) is 0.723. The number of nitrogens with one attached hydrogen (secondary N) is 1. The first-order valence-corrected chi connectivity index (χ1v) is 5.76. The van der Waals surface area contributed by atoms with E-state index in [9.17, 15) is 5.11 Å². The van der Waals surface area contributed by atoms with Gasteiger partial charge in [0.25, 0.3) is 0 Å². The number of nitrogens with two attached hydrogens (primary N) is 1. The topological polar surface area (TPSA) is 88.5 Å². The lowest BCUT2D eigenvalue weighted by molar-refractivity contribution is 0.211. The van der Waals surface area contributed by atoms with Gasteiger partial charge in [-0.1, -0.05) is 23.8 Å². The quantitative estimate of drug-likeness (QED) is 0.391. The summed E-state index contributed by atoms with van der Waals surface area (Å²) in [5, 5.41) is 12.4. The maximum Gasteiger partial charge on any atom is 0.196 e. The summed E-state index contributed by atoms with van der Waals surface area (Å²) in [6, 6.07) is 0.0727. The van der Waals surface area contributed by atoms with Crippen molar-refractivity contribution >= 4 is 23.4 Å². The molecule has 0 aromatic carbocycles. The van der Waals surface area contributed by atoms with E-state index in [1.807, 2.05) is 10.6 Å². The number of allylic oxidation sites excluding steroid dienone is 1. The monoisotopic (exact) mass is 253 g/mol. The number of imidazole rings is 1. The van der Waals surface area contributed by atoms with Gasteiger partial charge in [0.1, 0.15) is 11.5 Å². The molecule has 1 aromatic heterocycles. The second-order valence-corrected chi connectivity index (χ2v) is 4.53. The number of aliphatic hydroxyl groups excluding tert-OH is 1. The van der Waals surface area contributed by atoms with E-state index < -0.39 is 11.6 Å². The van der Waals surface area contributed by atoms with Gasteiger partial charge in [-0.05, 0) is 0 Å². The van der Waals surface area contributed by atoms with Crippen molar-refractivity contribution in [3.63, 3.8) is 0 Å². The lowest BCUT2D eigenvalue weighted by Gasteiger charge is -2.20. The van der Waals surface area contributed by atoms with E-state index in [-0.39, 0.29) is 12.0 Å². The number of aromatic nitrogens is 2. The number of hydrogen-bond donors (Lipinski definition) is 3. The number of fused-ring (bicyclic) bond motifs is 1. The number of anilines is 1. The third-order valence-corrected chi connectivity index (χ3v) is 3.25. The fourth-order valence-electron chi connectivity index (χ4n) is 2.13. The fraction of sp³-hybridized carbons (Fsp3) is 0.400. The highest BCUT2D eigenvalue weighted by molar-refractivity contribution is 6.22. The van der Waals surface area contributed by atoms with Gasteiger partial charge in [-0.3, -0.25) is 0 Å². The summed E-state index contributed by atoms with van der Waals surface area (Å²) in [6.45, 7) is 0. The van der Waals surface area contributed by atoms with Crippen LogP contribution in [0.25, 0.3) is 0 Å². The molecule has 3 rings (SSSR count). The summed E-state index contributed by atoms with van der Waals surface area (Å²) in [5.74, 6) is 1.03. The summed E-state index contributed by atoms with van der Waals surface area (Å²) in [6.07, 6.45) is 5.64. The van der Waals surface area contributed by atoms with Crippen LogP contribution in [0.3, 0.4) is 0 Å². The Kier molecular flexibility index (Phi) is 2.34. The average molecular weight is 254 g/mol. The van der Waals surface area contributed by atoms with Gasteiger partial charge >= 0.3 is 0 Å².